The second-order valence-corrected chi connectivity index (χ2v) is 3.15. The first-order chi connectivity index (χ1) is 6.56. The second kappa shape index (κ2) is 8.27. The topological polar surface area (TPSA) is 81.2 Å². The number of nitro groups is 1. The smallest absolute Gasteiger partial charge is 1.00 e. The fourth-order valence-electron chi connectivity index (χ4n) is 1.09. The van der Waals surface area contributed by atoms with E-state index in [9.17, 15) is 15.2 Å². The fourth-order valence-corrected chi connectivity index (χ4v) is 1.18. The van der Waals surface area contributed by atoms with Crippen LogP contribution < -0.4 is 42.0 Å². The zero-order valence-corrected chi connectivity index (χ0v) is 12.4. The van der Waals surface area contributed by atoms with Gasteiger partial charge in [0.2, 0.25) is 0 Å². The number of alkyl halides is 1. The van der Waals surface area contributed by atoms with E-state index in [0.29, 0.717) is 5.82 Å². The van der Waals surface area contributed by atoms with Crippen molar-refractivity contribution in [1.29, 1.82) is 0 Å². The van der Waals surface area contributed by atoms with Gasteiger partial charge in [-0.3, -0.25) is 0 Å². The molecule has 1 atom stereocenters. The Balaban J connectivity index is 0. The van der Waals surface area contributed by atoms with E-state index < -0.39 is 11.0 Å². The molecule has 6 nitrogen and oxygen atoms in total. The van der Waals surface area contributed by atoms with E-state index in [-0.39, 0.29) is 60.2 Å². The van der Waals surface area contributed by atoms with Gasteiger partial charge in [-0.2, -0.15) is 0 Å². The molecule has 1 N–H and O–H groups in total. The summed E-state index contributed by atoms with van der Waals surface area (Å²) in [7, 11) is 0. The van der Waals surface area contributed by atoms with Crippen molar-refractivity contribution in [3.05, 3.63) is 22.1 Å². The fraction of sp³-hybridized carbons (Fsp3) is 0.571. The van der Waals surface area contributed by atoms with Crippen LogP contribution in [-0.4, -0.2) is 31.6 Å². The first-order valence-corrected chi connectivity index (χ1v) is 4.50. The molecule has 1 aromatic rings. The maximum absolute atomic E-state index is 10.5. The van der Waals surface area contributed by atoms with Crippen molar-refractivity contribution in [2.45, 2.75) is 19.6 Å². The molecule has 0 amide bonds. The Hall–Kier alpha value is 0.150. The summed E-state index contributed by atoms with van der Waals surface area (Å²) >= 11 is 5.40. The zero-order chi connectivity index (χ0) is 10.7. The maximum Gasteiger partial charge on any atom is 1.00 e. The number of aliphatic hydroxyl groups is 1. The molecule has 0 aromatic carbocycles. The third kappa shape index (κ3) is 4.57. The van der Waals surface area contributed by atoms with Crippen LogP contribution in [0, 0.1) is 17.0 Å². The number of aromatic nitrogens is 2. The molecule has 0 aliphatic rings. The minimum absolute atomic E-state index is 0. The van der Waals surface area contributed by atoms with Crippen LogP contribution in [0.5, 0.6) is 0 Å². The van der Waals surface area contributed by atoms with E-state index in [1.54, 1.807) is 6.92 Å². The molecule has 0 saturated heterocycles. The van der Waals surface area contributed by atoms with Crippen molar-refractivity contribution in [2.75, 3.05) is 5.88 Å². The van der Waals surface area contributed by atoms with Crippen LogP contribution in [0.3, 0.4) is 0 Å². The van der Waals surface area contributed by atoms with Crippen LogP contribution in [0.25, 0.3) is 0 Å². The van der Waals surface area contributed by atoms with Gasteiger partial charge in [0.05, 0.1) is 5.88 Å². The van der Waals surface area contributed by atoms with Gasteiger partial charge in [-0.1, -0.05) is 0 Å². The van der Waals surface area contributed by atoms with Gasteiger partial charge in [-0.25, -0.2) is 9.55 Å². The Bertz CT molecular complexity index is 348. The number of rotatable bonds is 4. The first-order valence-electron chi connectivity index (χ1n) is 3.96. The van der Waals surface area contributed by atoms with E-state index >= 15 is 0 Å². The van der Waals surface area contributed by atoms with Crippen molar-refractivity contribution in [3.8, 4) is 0 Å². The van der Waals surface area contributed by atoms with E-state index in [4.69, 9.17) is 11.6 Å². The number of nitrogens with zero attached hydrogens (tertiary/aromatic N) is 3. The van der Waals surface area contributed by atoms with Crippen LogP contribution in [0.15, 0.2) is 6.20 Å². The second-order valence-electron chi connectivity index (χ2n) is 2.84. The Kier molecular flexibility index (Phi) is 9.57. The number of hydrogen-bond acceptors (Lipinski definition) is 4. The molecule has 1 unspecified atom stereocenters. The van der Waals surface area contributed by atoms with Gasteiger partial charge in [0.1, 0.15) is 18.8 Å². The van der Waals surface area contributed by atoms with Crippen LogP contribution in [0.2, 0.25) is 0 Å². The van der Waals surface area contributed by atoms with Gasteiger partial charge in [0, 0.05) is 6.92 Å². The average molecular weight is 278 g/mol. The molecule has 0 saturated carbocycles. The number of hydrogen-bond donors (Lipinski definition) is 1. The van der Waals surface area contributed by atoms with Gasteiger partial charge in [0.15, 0.2) is 5.82 Å². The predicted octanol–water partition coefficient (Wildman–Crippen LogP) is -5.29. The number of halogens is 2. The zero-order valence-electron chi connectivity index (χ0n) is 8.93. The Morgan fingerprint density at radius 3 is 2.75 bits per heavy atom. The van der Waals surface area contributed by atoms with E-state index in [0.717, 1.165) is 6.20 Å². The summed E-state index contributed by atoms with van der Waals surface area (Å²) in [6.45, 7) is 1.72. The van der Waals surface area contributed by atoms with Crippen molar-refractivity contribution in [3.63, 3.8) is 0 Å². The third-order valence-corrected chi connectivity index (χ3v) is 2.15. The van der Waals surface area contributed by atoms with Crippen LogP contribution in [0.1, 0.15) is 5.82 Å². The minimum Gasteiger partial charge on any atom is -1.00 e. The molecule has 0 aliphatic heterocycles. The molecule has 86 valence electrons. The van der Waals surface area contributed by atoms with Crippen LogP contribution in [0.4, 0.5) is 5.82 Å². The average Bonchev–Trinajstić information content (AvgIpc) is 2.48. The van der Waals surface area contributed by atoms with Crippen molar-refractivity contribution >= 4 is 17.4 Å². The summed E-state index contributed by atoms with van der Waals surface area (Å²) in [6, 6.07) is 0. The van der Waals surface area contributed by atoms with Crippen molar-refractivity contribution < 1.29 is 52.0 Å². The number of aliphatic hydroxyl groups excluding tert-OH is 1. The SMILES string of the molecule is Cc1ncc([N+](=O)[O-])n1CC(O)CCl.[Cl-].[Na+]. The molecule has 1 aromatic heterocycles. The predicted molar refractivity (Wildman–Crippen MR) is 50.3 cm³/mol. The molecular weight excluding hydrogens is 268 g/mol. The summed E-state index contributed by atoms with van der Waals surface area (Å²) < 4.78 is 1.33. The van der Waals surface area contributed by atoms with Gasteiger partial charge in [0.25, 0.3) is 0 Å². The largest absolute Gasteiger partial charge is 1.00 e. The molecule has 1 heterocycles. The Morgan fingerprint density at radius 2 is 2.31 bits per heavy atom. The minimum atomic E-state index is -0.803. The van der Waals surface area contributed by atoms with E-state index in [1.165, 1.54) is 4.57 Å². The third-order valence-electron chi connectivity index (χ3n) is 1.79. The standard InChI is InChI=1S/C7H10ClN3O3.ClH.Na/c1-5-9-3-7(11(13)14)10(5)4-6(12)2-8;;/h3,6,12H,2,4H2,1H3;1H;/q;;+1/p-1. The monoisotopic (exact) mass is 277 g/mol. The van der Waals surface area contributed by atoms with Gasteiger partial charge < -0.3 is 27.6 Å². The quantitative estimate of drug-likeness (QED) is 0.258. The van der Waals surface area contributed by atoms with Gasteiger partial charge >= 0.3 is 35.4 Å². The molecule has 9 heteroatoms. The Labute approximate surface area is 126 Å². The molecule has 0 radical (unpaired) electrons. The summed E-state index contributed by atoms with van der Waals surface area (Å²) in [5.41, 5.74) is 0. The molecule has 1 rings (SSSR count). The number of aryl methyl sites for hydroxylation is 1. The molecule has 16 heavy (non-hydrogen) atoms. The van der Waals surface area contributed by atoms with Gasteiger partial charge in [-0.15, -0.1) is 11.6 Å². The van der Waals surface area contributed by atoms with E-state index in [2.05, 4.69) is 4.98 Å². The van der Waals surface area contributed by atoms with Crippen LogP contribution >= 0.6 is 11.6 Å². The molecular formula is C7H10Cl2N3NaO3. The number of imidazole rings is 1. The summed E-state index contributed by atoms with van der Waals surface area (Å²) in [5.74, 6) is 0.391. The Morgan fingerprint density at radius 1 is 1.75 bits per heavy atom. The van der Waals surface area contributed by atoms with Crippen LogP contribution in [-0.2, 0) is 6.54 Å². The first kappa shape index (κ1) is 18.5. The summed E-state index contributed by atoms with van der Waals surface area (Å²) in [4.78, 5) is 13.8. The van der Waals surface area contributed by atoms with Crippen molar-refractivity contribution in [2.24, 2.45) is 0 Å². The molecule has 0 aliphatic carbocycles. The molecule has 0 spiro atoms. The summed E-state index contributed by atoms with van der Waals surface area (Å²) in [5, 5.41) is 19.8. The van der Waals surface area contributed by atoms with Crippen molar-refractivity contribution in [1.82, 2.24) is 9.55 Å². The van der Waals surface area contributed by atoms with E-state index in [1.807, 2.05) is 0 Å². The molecule has 0 bridgehead atoms. The maximum atomic E-state index is 10.5. The normalized spacial score (nSPS) is 11.2. The van der Waals surface area contributed by atoms with Gasteiger partial charge in [-0.05, 0) is 4.92 Å². The summed E-state index contributed by atoms with van der Waals surface area (Å²) in [6.07, 6.45) is 0.360. The molecule has 0 fully saturated rings.